The molecule has 1 N–H and O–H groups in total. The van der Waals surface area contributed by atoms with Crippen molar-refractivity contribution in [2.24, 2.45) is 5.92 Å². The van der Waals surface area contributed by atoms with Gasteiger partial charge in [0.2, 0.25) is 0 Å². The standard InChI is InChI=1S/C19H25N3O5/c1-12(2)9-21-17(23)18(24)22(19(21)25)11-20-6-5-13-7-15(26-3)16(27-4)8-14(13)10-20/h7-8,12H,5-6,9-11H2,1-4H3/p+1. The van der Waals surface area contributed by atoms with Crippen LogP contribution in [0.5, 0.6) is 11.5 Å². The quantitative estimate of drug-likeness (QED) is 0.561. The number of quaternary nitrogens is 1. The van der Waals surface area contributed by atoms with Gasteiger partial charge in [-0.05, 0) is 23.6 Å². The second-order valence-electron chi connectivity index (χ2n) is 7.39. The van der Waals surface area contributed by atoms with Gasteiger partial charge in [-0.3, -0.25) is 14.5 Å². The van der Waals surface area contributed by atoms with Gasteiger partial charge in [0.05, 0.1) is 20.8 Å². The smallest absolute Gasteiger partial charge is 0.338 e. The highest BCUT2D eigenvalue weighted by atomic mass is 16.5. The van der Waals surface area contributed by atoms with E-state index in [1.54, 1.807) is 14.2 Å². The summed E-state index contributed by atoms with van der Waals surface area (Å²) in [5, 5.41) is 0. The summed E-state index contributed by atoms with van der Waals surface area (Å²) in [6, 6.07) is 3.41. The summed E-state index contributed by atoms with van der Waals surface area (Å²) >= 11 is 0. The van der Waals surface area contributed by atoms with Gasteiger partial charge in [0.25, 0.3) is 0 Å². The normalized spacial score (nSPS) is 19.7. The molecule has 2 aliphatic heterocycles. The maximum atomic E-state index is 12.5. The largest absolute Gasteiger partial charge is 0.493 e. The Morgan fingerprint density at radius 2 is 1.59 bits per heavy atom. The molecule has 0 spiro atoms. The number of carbonyl (C=O) groups excluding carboxylic acids is 3. The van der Waals surface area contributed by atoms with Crippen LogP contribution in [0.25, 0.3) is 0 Å². The molecular weight excluding hydrogens is 350 g/mol. The summed E-state index contributed by atoms with van der Waals surface area (Å²) in [6.07, 6.45) is 0.797. The lowest BCUT2D eigenvalue weighted by Gasteiger charge is -2.29. The molecule has 0 aromatic heterocycles. The Labute approximate surface area is 158 Å². The number of carbonyl (C=O) groups is 3. The van der Waals surface area contributed by atoms with Crippen molar-refractivity contribution in [2.75, 3.05) is 34.0 Å². The molecule has 0 saturated carbocycles. The van der Waals surface area contributed by atoms with Gasteiger partial charge in [-0.15, -0.1) is 0 Å². The monoisotopic (exact) mass is 376 g/mol. The third-order valence-electron chi connectivity index (χ3n) is 4.96. The maximum absolute atomic E-state index is 12.5. The van der Waals surface area contributed by atoms with Gasteiger partial charge in [-0.2, -0.15) is 0 Å². The van der Waals surface area contributed by atoms with E-state index in [1.165, 1.54) is 5.56 Å². The second kappa shape index (κ2) is 7.56. The van der Waals surface area contributed by atoms with E-state index in [4.69, 9.17) is 9.47 Å². The van der Waals surface area contributed by atoms with Crippen LogP contribution >= 0.6 is 0 Å². The molecule has 1 aromatic carbocycles. The topological polar surface area (TPSA) is 80.6 Å². The lowest BCUT2D eigenvalue weighted by Crippen LogP contribution is -3.13. The predicted molar refractivity (Wildman–Crippen MR) is 96.4 cm³/mol. The molecule has 3 rings (SSSR count). The molecule has 0 aliphatic carbocycles. The number of fused-ring (bicyclic) bond motifs is 1. The Bertz CT molecular complexity index is 777. The average molecular weight is 376 g/mol. The van der Waals surface area contributed by atoms with E-state index >= 15 is 0 Å². The first-order chi connectivity index (χ1) is 12.8. The molecule has 1 atom stereocenters. The van der Waals surface area contributed by atoms with Gasteiger partial charge in [0.1, 0.15) is 6.54 Å². The van der Waals surface area contributed by atoms with Crippen LogP contribution < -0.4 is 14.4 Å². The van der Waals surface area contributed by atoms with E-state index in [1.807, 2.05) is 26.0 Å². The fourth-order valence-corrected chi connectivity index (χ4v) is 3.60. The molecule has 1 aromatic rings. The molecule has 0 bridgehead atoms. The van der Waals surface area contributed by atoms with Crippen LogP contribution in [0.15, 0.2) is 12.1 Å². The number of hydrogen-bond donors (Lipinski definition) is 1. The molecule has 2 heterocycles. The second-order valence-corrected chi connectivity index (χ2v) is 7.39. The summed E-state index contributed by atoms with van der Waals surface area (Å²) in [5.74, 6) is 0.00844. The number of benzene rings is 1. The molecule has 1 saturated heterocycles. The predicted octanol–water partition coefficient (Wildman–Crippen LogP) is 0.0491. The average Bonchev–Trinajstić information content (AvgIpc) is 2.84. The molecule has 0 radical (unpaired) electrons. The van der Waals surface area contributed by atoms with Crippen LogP contribution in [0.2, 0.25) is 0 Å². The lowest BCUT2D eigenvalue weighted by molar-refractivity contribution is -0.923. The fraction of sp³-hybridized carbons (Fsp3) is 0.526. The maximum Gasteiger partial charge on any atom is 0.338 e. The van der Waals surface area contributed by atoms with Crippen molar-refractivity contribution in [3.05, 3.63) is 23.3 Å². The van der Waals surface area contributed by atoms with Gasteiger partial charge >= 0.3 is 17.8 Å². The molecule has 27 heavy (non-hydrogen) atoms. The van der Waals surface area contributed by atoms with Gasteiger partial charge in [0.15, 0.2) is 18.2 Å². The first-order valence-corrected chi connectivity index (χ1v) is 9.10. The number of amides is 4. The molecule has 1 unspecified atom stereocenters. The van der Waals surface area contributed by atoms with Crippen molar-refractivity contribution in [2.45, 2.75) is 26.8 Å². The first kappa shape index (κ1) is 19.2. The number of nitrogens with zero attached hydrogens (tertiary/aromatic N) is 2. The Morgan fingerprint density at radius 3 is 2.19 bits per heavy atom. The number of methoxy groups -OCH3 is 2. The Morgan fingerprint density at radius 1 is 1.00 bits per heavy atom. The van der Waals surface area contributed by atoms with Crippen LogP contribution in [-0.2, 0) is 22.6 Å². The number of rotatable bonds is 6. The van der Waals surface area contributed by atoms with Crippen LogP contribution in [0.1, 0.15) is 25.0 Å². The lowest BCUT2D eigenvalue weighted by atomic mass is 9.99. The van der Waals surface area contributed by atoms with Crippen molar-refractivity contribution in [3.8, 4) is 11.5 Å². The highest BCUT2D eigenvalue weighted by Gasteiger charge is 2.46. The van der Waals surface area contributed by atoms with Crippen molar-refractivity contribution in [1.82, 2.24) is 9.80 Å². The minimum atomic E-state index is -0.730. The van der Waals surface area contributed by atoms with Gasteiger partial charge in [-0.1, -0.05) is 13.8 Å². The zero-order chi connectivity index (χ0) is 19.7. The molecule has 146 valence electrons. The molecule has 4 amide bonds. The van der Waals surface area contributed by atoms with E-state index in [-0.39, 0.29) is 19.1 Å². The van der Waals surface area contributed by atoms with E-state index in [0.29, 0.717) is 18.0 Å². The Kier molecular flexibility index (Phi) is 5.36. The zero-order valence-corrected chi connectivity index (χ0v) is 16.2. The Hall–Kier alpha value is -2.61. The third-order valence-corrected chi connectivity index (χ3v) is 4.96. The number of ether oxygens (including phenoxy) is 2. The first-order valence-electron chi connectivity index (χ1n) is 9.10. The highest BCUT2D eigenvalue weighted by molar-refractivity contribution is 6.44. The van der Waals surface area contributed by atoms with E-state index in [2.05, 4.69) is 0 Å². The summed E-state index contributed by atoms with van der Waals surface area (Å²) in [7, 11) is 3.20. The fourth-order valence-electron chi connectivity index (χ4n) is 3.60. The molecular formula is C19H26N3O5+. The summed E-state index contributed by atoms with van der Waals surface area (Å²) < 4.78 is 10.7. The van der Waals surface area contributed by atoms with Gasteiger partial charge in [-0.25, -0.2) is 9.69 Å². The Balaban J connectivity index is 1.74. The van der Waals surface area contributed by atoms with Crippen LogP contribution in [0, 0.1) is 5.92 Å². The van der Waals surface area contributed by atoms with Gasteiger partial charge in [0, 0.05) is 18.5 Å². The number of imide groups is 2. The molecule has 8 heteroatoms. The van der Waals surface area contributed by atoms with E-state index in [9.17, 15) is 14.4 Å². The van der Waals surface area contributed by atoms with Crippen molar-refractivity contribution in [3.63, 3.8) is 0 Å². The van der Waals surface area contributed by atoms with Crippen LogP contribution in [-0.4, -0.2) is 61.6 Å². The number of nitrogens with one attached hydrogen (secondary N) is 1. The van der Waals surface area contributed by atoms with E-state index in [0.717, 1.165) is 33.2 Å². The molecule has 2 aliphatic rings. The third kappa shape index (κ3) is 3.62. The number of urea groups is 1. The highest BCUT2D eigenvalue weighted by Crippen LogP contribution is 2.31. The summed E-state index contributed by atoms with van der Waals surface area (Å²) in [5.41, 5.74) is 2.27. The minimum Gasteiger partial charge on any atom is -0.493 e. The molecule has 1 fully saturated rings. The van der Waals surface area contributed by atoms with Crippen molar-refractivity contribution in [1.29, 1.82) is 0 Å². The van der Waals surface area contributed by atoms with E-state index < -0.39 is 17.8 Å². The van der Waals surface area contributed by atoms with Crippen molar-refractivity contribution < 1.29 is 28.8 Å². The van der Waals surface area contributed by atoms with Crippen molar-refractivity contribution >= 4 is 17.8 Å². The van der Waals surface area contributed by atoms with Crippen LogP contribution in [0.3, 0.4) is 0 Å². The summed E-state index contributed by atoms with van der Waals surface area (Å²) in [6.45, 7) is 5.66. The van der Waals surface area contributed by atoms with Gasteiger partial charge < -0.3 is 14.4 Å². The van der Waals surface area contributed by atoms with Crippen LogP contribution in [0.4, 0.5) is 4.79 Å². The number of hydrogen-bond acceptors (Lipinski definition) is 5. The molecule has 8 nitrogen and oxygen atoms in total. The summed E-state index contributed by atoms with van der Waals surface area (Å²) in [4.78, 5) is 40.1. The minimum absolute atomic E-state index is 0.113. The SMILES string of the molecule is COc1cc2c(cc1OC)C[NH+](CN1C(=O)C(=O)N(CC(C)C)C1=O)CC2. The zero-order valence-electron chi connectivity index (χ0n) is 16.2.